The van der Waals surface area contributed by atoms with Gasteiger partial charge in [0.25, 0.3) is 5.91 Å². The average Bonchev–Trinajstić information content (AvgIpc) is 2.58. The molecule has 0 aliphatic rings. The predicted octanol–water partition coefficient (Wildman–Crippen LogP) is 3.20. The van der Waals surface area contributed by atoms with E-state index in [1.54, 1.807) is 6.20 Å². The molecule has 0 saturated heterocycles. The second-order valence-corrected chi connectivity index (χ2v) is 7.62. The topological polar surface area (TPSA) is 70.2 Å². The number of para-hydroxylation sites is 1. The van der Waals surface area contributed by atoms with Crippen LogP contribution < -0.4 is 10.6 Å². The molecule has 1 aromatic carbocycles. The molecule has 0 aliphatic carbocycles. The van der Waals surface area contributed by atoms with Crippen LogP contribution in [-0.4, -0.2) is 48.0 Å². The number of hydrogen-bond donors (Lipinski definition) is 2. The third-order valence-electron chi connectivity index (χ3n) is 3.95. The molecule has 2 aromatic rings. The van der Waals surface area contributed by atoms with E-state index in [9.17, 15) is 4.79 Å². The number of anilines is 2. The second-order valence-electron chi connectivity index (χ2n) is 7.62. The first-order chi connectivity index (χ1) is 12.3. The van der Waals surface area contributed by atoms with Crippen LogP contribution in [0.3, 0.4) is 0 Å². The minimum atomic E-state index is -0.196. The molecule has 1 aromatic heterocycles. The van der Waals surface area contributed by atoms with Crippen molar-refractivity contribution in [1.82, 2.24) is 20.2 Å². The highest BCUT2D eigenvalue weighted by atomic mass is 16.1. The number of amides is 1. The molecule has 1 heterocycles. The van der Waals surface area contributed by atoms with Gasteiger partial charge in [0.2, 0.25) is 0 Å². The van der Waals surface area contributed by atoms with Gasteiger partial charge in [0.05, 0.1) is 12.4 Å². The standard InChI is InChI=1S/C20H29N5O/c1-20(2,3)15-9-6-7-10-16(15)24-18-14-22-17(13-23-18)19(26)21-11-8-12-25(4)5/h6-7,9-10,13-14H,8,11-12H2,1-5H3,(H,21,26)(H,23,24). The van der Waals surface area contributed by atoms with Crippen LogP contribution in [0.2, 0.25) is 0 Å². The molecule has 2 N–H and O–H groups in total. The summed E-state index contributed by atoms with van der Waals surface area (Å²) in [5.41, 5.74) is 2.54. The maximum absolute atomic E-state index is 12.1. The number of rotatable bonds is 7. The number of aromatic nitrogens is 2. The van der Waals surface area contributed by atoms with Gasteiger partial charge in [-0.05, 0) is 44.1 Å². The van der Waals surface area contributed by atoms with Crippen molar-refractivity contribution in [2.24, 2.45) is 0 Å². The van der Waals surface area contributed by atoms with E-state index in [2.05, 4.69) is 52.3 Å². The highest BCUT2D eigenvalue weighted by Gasteiger charge is 2.17. The second kappa shape index (κ2) is 8.76. The first-order valence-electron chi connectivity index (χ1n) is 8.89. The summed E-state index contributed by atoms with van der Waals surface area (Å²) in [6.45, 7) is 8.06. The van der Waals surface area contributed by atoms with E-state index < -0.39 is 0 Å². The zero-order valence-electron chi connectivity index (χ0n) is 16.3. The molecule has 26 heavy (non-hydrogen) atoms. The summed E-state index contributed by atoms with van der Waals surface area (Å²) >= 11 is 0. The third-order valence-corrected chi connectivity index (χ3v) is 3.95. The Morgan fingerprint density at radius 1 is 1.12 bits per heavy atom. The number of benzene rings is 1. The van der Waals surface area contributed by atoms with Gasteiger partial charge in [-0.1, -0.05) is 39.0 Å². The minimum absolute atomic E-state index is 0.0173. The molecule has 0 unspecified atom stereocenters. The maximum atomic E-state index is 12.1. The van der Waals surface area contributed by atoms with E-state index in [1.165, 1.54) is 11.8 Å². The van der Waals surface area contributed by atoms with Gasteiger partial charge in [-0.2, -0.15) is 0 Å². The number of carbonyl (C=O) groups is 1. The van der Waals surface area contributed by atoms with Crippen LogP contribution in [0, 0.1) is 0 Å². The molecule has 0 bridgehead atoms. The quantitative estimate of drug-likeness (QED) is 0.747. The van der Waals surface area contributed by atoms with E-state index in [0.717, 1.165) is 18.7 Å². The van der Waals surface area contributed by atoms with Gasteiger partial charge >= 0.3 is 0 Å². The molecule has 6 heteroatoms. The van der Waals surface area contributed by atoms with Crippen LogP contribution in [0.1, 0.15) is 43.2 Å². The Labute approximate surface area is 156 Å². The van der Waals surface area contributed by atoms with E-state index >= 15 is 0 Å². The summed E-state index contributed by atoms with van der Waals surface area (Å²) < 4.78 is 0. The van der Waals surface area contributed by atoms with Gasteiger partial charge in [0.1, 0.15) is 11.5 Å². The van der Waals surface area contributed by atoms with E-state index in [1.807, 2.05) is 32.3 Å². The fourth-order valence-corrected chi connectivity index (χ4v) is 2.58. The number of nitrogens with one attached hydrogen (secondary N) is 2. The van der Waals surface area contributed by atoms with Crippen LogP contribution in [0.15, 0.2) is 36.7 Å². The fraction of sp³-hybridized carbons (Fsp3) is 0.450. The fourth-order valence-electron chi connectivity index (χ4n) is 2.58. The molecular weight excluding hydrogens is 326 g/mol. The van der Waals surface area contributed by atoms with Crippen LogP contribution in [0.25, 0.3) is 0 Å². The molecule has 0 atom stereocenters. The number of hydrogen-bond acceptors (Lipinski definition) is 5. The molecule has 140 valence electrons. The molecule has 0 aliphatic heterocycles. The smallest absolute Gasteiger partial charge is 0.271 e. The highest BCUT2D eigenvalue weighted by molar-refractivity contribution is 5.92. The Bertz CT molecular complexity index is 720. The third kappa shape index (κ3) is 5.81. The zero-order valence-corrected chi connectivity index (χ0v) is 16.3. The van der Waals surface area contributed by atoms with Gasteiger partial charge in [0, 0.05) is 12.2 Å². The van der Waals surface area contributed by atoms with Gasteiger partial charge in [-0.25, -0.2) is 9.97 Å². The molecule has 0 spiro atoms. The molecule has 0 radical (unpaired) electrons. The normalized spacial score (nSPS) is 11.5. The van der Waals surface area contributed by atoms with Crippen molar-refractivity contribution >= 4 is 17.4 Å². The minimum Gasteiger partial charge on any atom is -0.351 e. The lowest BCUT2D eigenvalue weighted by Crippen LogP contribution is -2.27. The lowest BCUT2D eigenvalue weighted by atomic mass is 9.86. The van der Waals surface area contributed by atoms with E-state index in [-0.39, 0.29) is 11.3 Å². The molecule has 1 amide bonds. The monoisotopic (exact) mass is 355 g/mol. The first-order valence-corrected chi connectivity index (χ1v) is 8.89. The van der Waals surface area contributed by atoms with Crippen LogP contribution in [-0.2, 0) is 5.41 Å². The predicted molar refractivity (Wildman–Crippen MR) is 106 cm³/mol. The Hall–Kier alpha value is -2.47. The first kappa shape index (κ1) is 19.8. The number of nitrogens with zero attached hydrogens (tertiary/aromatic N) is 3. The van der Waals surface area contributed by atoms with E-state index in [4.69, 9.17) is 0 Å². The molecule has 2 rings (SSSR count). The SMILES string of the molecule is CN(C)CCCNC(=O)c1cnc(Nc2ccccc2C(C)(C)C)cn1. The van der Waals surface area contributed by atoms with Crippen LogP contribution >= 0.6 is 0 Å². The highest BCUT2D eigenvalue weighted by Crippen LogP contribution is 2.30. The Morgan fingerprint density at radius 3 is 2.46 bits per heavy atom. The lowest BCUT2D eigenvalue weighted by Gasteiger charge is -2.23. The summed E-state index contributed by atoms with van der Waals surface area (Å²) in [6, 6.07) is 8.14. The largest absolute Gasteiger partial charge is 0.351 e. The van der Waals surface area contributed by atoms with Crippen molar-refractivity contribution in [2.45, 2.75) is 32.6 Å². The van der Waals surface area contributed by atoms with Gasteiger partial charge in [0.15, 0.2) is 0 Å². The Balaban J connectivity index is 1.99. The summed E-state index contributed by atoms with van der Waals surface area (Å²) in [4.78, 5) is 22.7. The molecular formula is C20H29N5O. The van der Waals surface area contributed by atoms with Crippen molar-refractivity contribution in [3.63, 3.8) is 0 Å². The van der Waals surface area contributed by atoms with Crippen molar-refractivity contribution in [1.29, 1.82) is 0 Å². The van der Waals surface area contributed by atoms with Crippen LogP contribution in [0.5, 0.6) is 0 Å². The van der Waals surface area contributed by atoms with Gasteiger partial charge < -0.3 is 15.5 Å². The van der Waals surface area contributed by atoms with Crippen molar-refractivity contribution < 1.29 is 4.79 Å². The van der Waals surface area contributed by atoms with Gasteiger partial charge in [-0.15, -0.1) is 0 Å². The van der Waals surface area contributed by atoms with Crippen molar-refractivity contribution in [3.05, 3.63) is 47.9 Å². The molecule has 0 fully saturated rings. The van der Waals surface area contributed by atoms with Gasteiger partial charge in [-0.3, -0.25) is 4.79 Å². The molecule has 0 saturated carbocycles. The zero-order chi connectivity index (χ0) is 19.2. The summed E-state index contributed by atoms with van der Waals surface area (Å²) in [7, 11) is 4.02. The van der Waals surface area contributed by atoms with Crippen LogP contribution in [0.4, 0.5) is 11.5 Å². The van der Waals surface area contributed by atoms with E-state index in [0.29, 0.717) is 18.1 Å². The molecule has 6 nitrogen and oxygen atoms in total. The lowest BCUT2D eigenvalue weighted by molar-refractivity contribution is 0.0947. The maximum Gasteiger partial charge on any atom is 0.271 e. The average molecular weight is 355 g/mol. The van der Waals surface area contributed by atoms with Crippen molar-refractivity contribution in [3.8, 4) is 0 Å². The Kier molecular flexibility index (Phi) is 6.69. The number of carbonyl (C=O) groups excluding carboxylic acids is 1. The summed E-state index contributed by atoms with van der Waals surface area (Å²) in [5, 5.41) is 6.16. The van der Waals surface area contributed by atoms with Crippen molar-refractivity contribution in [2.75, 3.05) is 32.5 Å². The summed E-state index contributed by atoms with van der Waals surface area (Å²) in [6.07, 6.45) is 3.99. The Morgan fingerprint density at radius 2 is 1.85 bits per heavy atom. The summed E-state index contributed by atoms with van der Waals surface area (Å²) in [5.74, 6) is 0.420.